The number of carbonyl (C=O) groups excluding carboxylic acids is 1. The number of ether oxygens (including phenoxy) is 1. The first-order chi connectivity index (χ1) is 6.69. The van der Waals surface area contributed by atoms with Crippen molar-refractivity contribution in [3.8, 4) is 0 Å². The van der Waals surface area contributed by atoms with Gasteiger partial charge in [0.05, 0.1) is 12.7 Å². The van der Waals surface area contributed by atoms with Gasteiger partial charge in [0.25, 0.3) is 0 Å². The van der Waals surface area contributed by atoms with Crippen molar-refractivity contribution >= 4 is 40.3 Å². The Hall–Kier alpha value is -0.230. The van der Waals surface area contributed by atoms with Gasteiger partial charge in [-0.05, 0) is 46.5 Å². The van der Waals surface area contributed by atoms with Gasteiger partial charge in [-0.15, -0.1) is 11.8 Å². The van der Waals surface area contributed by atoms with Gasteiger partial charge in [0.1, 0.15) is 0 Å². The third kappa shape index (κ3) is 2.88. The molecule has 0 fully saturated rings. The van der Waals surface area contributed by atoms with Gasteiger partial charge in [-0.3, -0.25) is 0 Å². The molecule has 4 heteroatoms. The van der Waals surface area contributed by atoms with Crippen LogP contribution in [0.3, 0.4) is 0 Å². The topological polar surface area (TPSA) is 26.3 Å². The summed E-state index contributed by atoms with van der Waals surface area (Å²) < 4.78 is 5.83. The summed E-state index contributed by atoms with van der Waals surface area (Å²) in [7, 11) is 1.40. The van der Waals surface area contributed by atoms with E-state index < -0.39 is 0 Å². The molecule has 0 spiro atoms. The predicted octanol–water partition coefficient (Wildman–Crippen LogP) is 3.19. The summed E-state index contributed by atoms with van der Waals surface area (Å²) in [4.78, 5) is 12.4. The Balaban J connectivity index is 2.99. The lowest BCUT2D eigenvalue weighted by atomic mass is 10.2. The maximum absolute atomic E-state index is 11.2. The van der Waals surface area contributed by atoms with Gasteiger partial charge in [-0.2, -0.15) is 0 Å². The summed E-state index contributed by atoms with van der Waals surface area (Å²) in [6.45, 7) is 2.09. The number of halogens is 1. The Morgan fingerprint density at radius 3 is 2.86 bits per heavy atom. The number of thioether (sulfide) groups is 1. The zero-order valence-electron chi connectivity index (χ0n) is 8.04. The van der Waals surface area contributed by atoms with E-state index in [2.05, 4.69) is 34.3 Å². The average molecular weight is 322 g/mol. The Morgan fingerprint density at radius 1 is 1.57 bits per heavy atom. The molecule has 0 saturated heterocycles. The van der Waals surface area contributed by atoms with E-state index in [0.717, 1.165) is 10.6 Å². The van der Waals surface area contributed by atoms with Crippen molar-refractivity contribution in [2.45, 2.75) is 11.8 Å². The summed E-state index contributed by atoms with van der Waals surface area (Å²) in [6, 6.07) is 5.60. The monoisotopic (exact) mass is 322 g/mol. The van der Waals surface area contributed by atoms with E-state index in [1.165, 1.54) is 10.7 Å². The minimum atomic E-state index is -0.278. The van der Waals surface area contributed by atoms with Gasteiger partial charge in [-0.25, -0.2) is 4.79 Å². The molecule has 14 heavy (non-hydrogen) atoms. The Kier molecular flexibility index (Phi) is 4.74. The van der Waals surface area contributed by atoms with E-state index in [9.17, 15) is 4.79 Å². The maximum Gasteiger partial charge on any atom is 0.337 e. The van der Waals surface area contributed by atoms with Crippen LogP contribution in [-0.4, -0.2) is 18.8 Å². The molecule has 0 aliphatic heterocycles. The number of hydrogen-bond acceptors (Lipinski definition) is 3. The molecule has 0 atom stereocenters. The summed E-state index contributed by atoms with van der Waals surface area (Å²) in [5.41, 5.74) is 0.615. The smallest absolute Gasteiger partial charge is 0.337 e. The first-order valence-electron chi connectivity index (χ1n) is 4.19. The normalized spacial score (nSPS) is 9.93. The minimum absolute atomic E-state index is 0.278. The second-order valence-corrected chi connectivity index (χ2v) is 5.04. The molecular weight excluding hydrogens is 311 g/mol. The molecule has 0 heterocycles. The molecule has 0 aliphatic rings. The number of carbonyl (C=O) groups is 1. The quantitative estimate of drug-likeness (QED) is 0.486. The molecule has 1 rings (SSSR count). The van der Waals surface area contributed by atoms with E-state index in [-0.39, 0.29) is 5.97 Å². The molecule has 0 saturated carbocycles. The van der Waals surface area contributed by atoms with Gasteiger partial charge in [-0.1, -0.05) is 6.92 Å². The van der Waals surface area contributed by atoms with Crippen molar-refractivity contribution in [2.24, 2.45) is 0 Å². The zero-order chi connectivity index (χ0) is 10.6. The molecule has 76 valence electrons. The van der Waals surface area contributed by atoms with Crippen LogP contribution in [0.5, 0.6) is 0 Å². The van der Waals surface area contributed by atoms with E-state index in [1.54, 1.807) is 17.8 Å². The van der Waals surface area contributed by atoms with E-state index >= 15 is 0 Å². The fourth-order valence-electron chi connectivity index (χ4n) is 1.01. The Labute approximate surface area is 102 Å². The van der Waals surface area contributed by atoms with Crippen LogP contribution >= 0.6 is 34.4 Å². The van der Waals surface area contributed by atoms with Crippen LogP contribution in [0.2, 0.25) is 0 Å². The SMILES string of the molecule is CCSc1cc(C(=O)OC)ccc1I. The van der Waals surface area contributed by atoms with Crippen LogP contribution in [-0.2, 0) is 4.74 Å². The number of esters is 1. The summed E-state index contributed by atoms with van der Waals surface area (Å²) in [5.74, 6) is 0.722. The molecule has 0 N–H and O–H groups in total. The number of benzene rings is 1. The van der Waals surface area contributed by atoms with Gasteiger partial charge < -0.3 is 4.74 Å². The third-order valence-corrected chi connectivity index (χ3v) is 3.90. The number of methoxy groups -OCH3 is 1. The summed E-state index contributed by atoms with van der Waals surface area (Å²) in [6.07, 6.45) is 0. The number of rotatable bonds is 3. The van der Waals surface area contributed by atoms with Crippen LogP contribution in [0.4, 0.5) is 0 Å². The highest BCUT2D eigenvalue weighted by Gasteiger charge is 2.08. The molecule has 0 aliphatic carbocycles. The maximum atomic E-state index is 11.2. The minimum Gasteiger partial charge on any atom is -0.465 e. The van der Waals surface area contributed by atoms with Gasteiger partial charge in [0.15, 0.2) is 0 Å². The first kappa shape index (κ1) is 11.8. The summed E-state index contributed by atoms with van der Waals surface area (Å²) in [5, 5.41) is 0. The highest BCUT2D eigenvalue weighted by molar-refractivity contribution is 14.1. The molecule has 1 aromatic carbocycles. The molecule has 2 nitrogen and oxygen atoms in total. The largest absolute Gasteiger partial charge is 0.465 e. The fraction of sp³-hybridized carbons (Fsp3) is 0.300. The second-order valence-electron chi connectivity index (χ2n) is 2.57. The average Bonchev–Trinajstić information content (AvgIpc) is 2.20. The standard InChI is InChI=1S/C10H11IO2S/c1-3-14-9-6-7(10(12)13-2)4-5-8(9)11/h4-6H,3H2,1-2H3. The van der Waals surface area contributed by atoms with Crippen molar-refractivity contribution in [1.82, 2.24) is 0 Å². The molecule has 0 aromatic heterocycles. The molecule has 0 radical (unpaired) electrons. The highest BCUT2D eigenvalue weighted by Crippen LogP contribution is 2.25. The Morgan fingerprint density at radius 2 is 2.29 bits per heavy atom. The van der Waals surface area contributed by atoms with E-state index in [0.29, 0.717) is 5.56 Å². The Bertz CT molecular complexity index is 339. The predicted molar refractivity (Wildman–Crippen MR) is 66.9 cm³/mol. The van der Waals surface area contributed by atoms with Crippen LogP contribution in [0.15, 0.2) is 23.1 Å². The van der Waals surface area contributed by atoms with Crippen LogP contribution < -0.4 is 0 Å². The molecule has 0 unspecified atom stereocenters. The van der Waals surface area contributed by atoms with Crippen LogP contribution in [0.25, 0.3) is 0 Å². The van der Waals surface area contributed by atoms with Gasteiger partial charge >= 0.3 is 5.97 Å². The van der Waals surface area contributed by atoms with Crippen molar-refractivity contribution in [2.75, 3.05) is 12.9 Å². The van der Waals surface area contributed by atoms with Crippen molar-refractivity contribution in [3.05, 3.63) is 27.3 Å². The number of hydrogen-bond donors (Lipinski definition) is 0. The van der Waals surface area contributed by atoms with Crippen LogP contribution in [0.1, 0.15) is 17.3 Å². The molecule has 0 bridgehead atoms. The van der Waals surface area contributed by atoms with Crippen molar-refractivity contribution in [3.63, 3.8) is 0 Å². The summed E-state index contributed by atoms with van der Waals surface area (Å²) >= 11 is 3.99. The van der Waals surface area contributed by atoms with Crippen LogP contribution in [0, 0.1) is 3.57 Å². The van der Waals surface area contributed by atoms with Crippen molar-refractivity contribution < 1.29 is 9.53 Å². The molecular formula is C10H11IO2S. The molecule has 1 aromatic rings. The van der Waals surface area contributed by atoms with E-state index in [1.807, 2.05) is 12.1 Å². The lowest BCUT2D eigenvalue weighted by molar-refractivity contribution is 0.0600. The van der Waals surface area contributed by atoms with Crippen molar-refractivity contribution in [1.29, 1.82) is 0 Å². The zero-order valence-corrected chi connectivity index (χ0v) is 11.0. The highest BCUT2D eigenvalue weighted by atomic mass is 127. The fourth-order valence-corrected chi connectivity index (χ4v) is 2.54. The lowest BCUT2D eigenvalue weighted by Crippen LogP contribution is -2.01. The lowest BCUT2D eigenvalue weighted by Gasteiger charge is -2.04. The third-order valence-electron chi connectivity index (χ3n) is 1.65. The first-order valence-corrected chi connectivity index (χ1v) is 6.26. The molecule has 0 amide bonds. The van der Waals surface area contributed by atoms with Gasteiger partial charge in [0.2, 0.25) is 0 Å². The second kappa shape index (κ2) is 5.60. The van der Waals surface area contributed by atoms with E-state index in [4.69, 9.17) is 0 Å². The van der Waals surface area contributed by atoms with Gasteiger partial charge in [0, 0.05) is 8.47 Å².